The SMILES string of the molecule is CCCS(=O)(=O)NC1CC2CCC1(C)C2(C)C. The summed E-state index contributed by atoms with van der Waals surface area (Å²) in [6.07, 6.45) is 4.12. The van der Waals surface area contributed by atoms with E-state index in [9.17, 15) is 8.42 Å². The summed E-state index contributed by atoms with van der Waals surface area (Å²) in [4.78, 5) is 0. The molecule has 0 radical (unpaired) electrons. The van der Waals surface area contributed by atoms with E-state index in [1.165, 1.54) is 6.42 Å². The van der Waals surface area contributed by atoms with Crippen LogP contribution in [0, 0.1) is 16.7 Å². The molecular formula is C13H25NO2S. The highest BCUT2D eigenvalue weighted by Gasteiger charge is 2.61. The Morgan fingerprint density at radius 2 is 1.94 bits per heavy atom. The molecule has 0 amide bonds. The first kappa shape index (κ1) is 13.3. The van der Waals surface area contributed by atoms with Crippen molar-refractivity contribution in [3.63, 3.8) is 0 Å². The van der Waals surface area contributed by atoms with E-state index in [1.54, 1.807) is 0 Å². The Hall–Kier alpha value is -0.0900. The smallest absolute Gasteiger partial charge is 0.211 e. The average Bonchev–Trinajstić information content (AvgIpc) is 2.49. The van der Waals surface area contributed by atoms with Gasteiger partial charge in [0, 0.05) is 6.04 Å². The van der Waals surface area contributed by atoms with Crippen molar-refractivity contribution in [2.24, 2.45) is 16.7 Å². The minimum Gasteiger partial charge on any atom is -0.212 e. The fourth-order valence-corrected chi connectivity index (χ4v) is 5.37. The highest BCUT2D eigenvalue weighted by Crippen LogP contribution is 2.65. The Morgan fingerprint density at radius 3 is 2.35 bits per heavy atom. The standard InChI is InChI=1S/C13H25NO2S/c1-5-8-17(15,16)14-11-9-10-6-7-13(11,4)12(10,2)3/h10-11,14H,5-9H2,1-4H3. The molecule has 0 spiro atoms. The number of nitrogens with one attached hydrogen (secondary N) is 1. The molecule has 3 unspecified atom stereocenters. The van der Waals surface area contributed by atoms with E-state index in [0.29, 0.717) is 12.3 Å². The summed E-state index contributed by atoms with van der Waals surface area (Å²) in [5, 5.41) is 0. The summed E-state index contributed by atoms with van der Waals surface area (Å²) in [6, 6.07) is 0.146. The van der Waals surface area contributed by atoms with Gasteiger partial charge < -0.3 is 0 Å². The van der Waals surface area contributed by atoms with Crippen molar-refractivity contribution in [2.75, 3.05) is 5.75 Å². The first-order valence-electron chi connectivity index (χ1n) is 6.73. The summed E-state index contributed by atoms with van der Waals surface area (Å²) >= 11 is 0. The van der Waals surface area contributed by atoms with Gasteiger partial charge in [-0.25, -0.2) is 13.1 Å². The lowest BCUT2D eigenvalue weighted by atomic mass is 9.69. The molecule has 2 saturated carbocycles. The maximum Gasteiger partial charge on any atom is 0.211 e. The van der Waals surface area contributed by atoms with Crippen LogP contribution in [0.3, 0.4) is 0 Å². The van der Waals surface area contributed by atoms with Crippen molar-refractivity contribution in [3.8, 4) is 0 Å². The van der Waals surface area contributed by atoms with Crippen LogP contribution in [-0.4, -0.2) is 20.2 Å². The minimum atomic E-state index is -3.08. The van der Waals surface area contributed by atoms with E-state index in [2.05, 4.69) is 25.5 Å². The molecule has 0 aromatic heterocycles. The number of fused-ring (bicyclic) bond motifs is 2. The van der Waals surface area contributed by atoms with Crippen molar-refractivity contribution in [2.45, 2.75) is 59.4 Å². The Balaban J connectivity index is 2.16. The monoisotopic (exact) mass is 259 g/mol. The molecule has 0 saturated heterocycles. The average molecular weight is 259 g/mol. The van der Waals surface area contributed by atoms with Gasteiger partial charge in [-0.2, -0.15) is 0 Å². The fourth-order valence-electron chi connectivity index (χ4n) is 3.93. The third kappa shape index (κ3) is 1.93. The fraction of sp³-hybridized carbons (Fsp3) is 1.00. The number of rotatable bonds is 4. The molecule has 0 heterocycles. The van der Waals surface area contributed by atoms with E-state index < -0.39 is 10.0 Å². The second-order valence-corrected chi connectivity index (χ2v) is 8.47. The van der Waals surface area contributed by atoms with Crippen LogP contribution in [0.15, 0.2) is 0 Å². The second kappa shape index (κ2) is 3.95. The van der Waals surface area contributed by atoms with Crippen LogP contribution in [-0.2, 0) is 10.0 Å². The zero-order chi connectivity index (χ0) is 12.9. The Morgan fingerprint density at radius 1 is 1.29 bits per heavy atom. The Kier molecular flexibility index (Phi) is 3.10. The van der Waals surface area contributed by atoms with Gasteiger partial charge in [-0.3, -0.25) is 0 Å². The van der Waals surface area contributed by atoms with E-state index in [-0.39, 0.29) is 22.6 Å². The van der Waals surface area contributed by atoms with Crippen molar-refractivity contribution < 1.29 is 8.42 Å². The van der Waals surface area contributed by atoms with Crippen molar-refractivity contribution in [3.05, 3.63) is 0 Å². The molecule has 2 bridgehead atoms. The lowest BCUT2D eigenvalue weighted by Gasteiger charge is -2.39. The molecule has 3 nitrogen and oxygen atoms in total. The predicted octanol–water partition coefficient (Wildman–Crippen LogP) is 2.53. The van der Waals surface area contributed by atoms with Crippen LogP contribution in [0.2, 0.25) is 0 Å². The predicted molar refractivity (Wildman–Crippen MR) is 70.2 cm³/mol. The molecular weight excluding hydrogens is 234 g/mol. The summed E-state index contributed by atoms with van der Waals surface area (Å²) in [6.45, 7) is 8.78. The third-order valence-electron chi connectivity index (χ3n) is 5.59. The first-order valence-corrected chi connectivity index (χ1v) is 8.38. The molecule has 0 aliphatic heterocycles. The molecule has 100 valence electrons. The van der Waals surface area contributed by atoms with Crippen molar-refractivity contribution in [1.29, 1.82) is 0 Å². The minimum absolute atomic E-state index is 0.137. The second-order valence-electron chi connectivity index (χ2n) is 6.60. The van der Waals surface area contributed by atoms with Gasteiger partial charge in [0.25, 0.3) is 0 Å². The maximum absolute atomic E-state index is 11.9. The van der Waals surface area contributed by atoms with Gasteiger partial charge in [-0.15, -0.1) is 0 Å². The summed E-state index contributed by atoms with van der Waals surface area (Å²) in [7, 11) is -3.08. The van der Waals surface area contributed by atoms with Gasteiger partial charge in [0.1, 0.15) is 0 Å². The van der Waals surface area contributed by atoms with Crippen LogP contribution in [0.4, 0.5) is 0 Å². The van der Waals surface area contributed by atoms with Gasteiger partial charge in [0.05, 0.1) is 5.75 Å². The summed E-state index contributed by atoms with van der Waals surface area (Å²) in [5.41, 5.74) is 0.408. The zero-order valence-electron chi connectivity index (χ0n) is 11.4. The van der Waals surface area contributed by atoms with Crippen LogP contribution in [0.1, 0.15) is 53.4 Å². The molecule has 3 atom stereocenters. The molecule has 4 heteroatoms. The number of hydrogen-bond donors (Lipinski definition) is 1. The quantitative estimate of drug-likeness (QED) is 0.843. The Bertz CT molecular complexity index is 402. The number of hydrogen-bond acceptors (Lipinski definition) is 2. The third-order valence-corrected chi connectivity index (χ3v) is 7.18. The maximum atomic E-state index is 11.9. The van der Waals surface area contributed by atoms with Gasteiger partial charge in [-0.05, 0) is 42.4 Å². The van der Waals surface area contributed by atoms with Crippen molar-refractivity contribution >= 4 is 10.0 Å². The highest BCUT2D eigenvalue weighted by molar-refractivity contribution is 7.89. The first-order chi connectivity index (χ1) is 7.73. The van der Waals surface area contributed by atoms with Gasteiger partial charge >= 0.3 is 0 Å². The topological polar surface area (TPSA) is 46.2 Å². The molecule has 1 N–H and O–H groups in total. The lowest BCUT2D eigenvalue weighted by molar-refractivity contribution is 0.130. The normalized spacial score (nSPS) is 39.8. The van der Waals surface area contributed by atoms with Crippen LogP contribution in [0.25, 0.3) is 0 Å². The number of sulfonamides is 1. The van der Waals surface area contributed by atoms with Crippen LogP contribution in [0.5, 0.6) is 0 Å². The van der Waals surface area contributed by atoms with Crippen molar-refractivity contribution in [1.82, 2.24) is 4.72 Å². The Labute approximate surface area is 105 Å². The molecule has 2 rings (SSSR count). The van der Waals surface area contributed by atoms with Gasteiger partial charge in [0.15, 0.2) is 0 Å². The largest absolute Gasteiger partial charge is 0.212 e. The summed E-state index contributed by atoms with van der Waals surface area (Å²) in [5.74, 6) is 0.937. The van der Waals surface area contributed by atoms with Crippen LogP contribution < -0.4 is 4.72 Å². The molecule has 2 aliphatic rings. The molecule has 17 heavy (non-hydrogen) atoms. The molecule has 2 aliphatic carbocycles. The van der Waals surface area contributed by atoms with Crippen LogP contribution >= 0.6 is 0 Å². The van der Waals surface area contributed by atoms with E-state index in [0.717, 1.165) is 12.8 Å². The van der Waals surface area contributed by atoms with Gasteiger partial charge in [-0.1, -0.05) is 27.7 Å². The van der Waals surface area contributed by atoms with Gasteiger partial charge in [0.2, 0.25) is 10.0 Å². The highest BCUT2D eigenvalue weighted by atomic mass is 32.2. The zero-order valence-corrected chi connectivity index (χ0v) is 12.2. The lowest BCUT2D eigenvalue weighted by Crippen LogP contribution is -2.47. The van der Waals surface area contributed by atoms with E-state index in [4.69, 9.17) is 0 Å². The van der Waals surface area contributed by atoms with E-state index >= 15 is 0 Å². The van der Waals surface area contributed by atoms with E-state index in [1.807, 2.05) is 6.92 Å². The molecule has 0 aromatic rings. The molecule has 0 aromatic carbocycles. The summed E-state index contributed by atoms with van der Waals surface area (Å²) < 4.78 is 26.8. The molecule has 2 fully saturated rings.